The Hall–Kier alpha value is -2.42. The van der Waals surface area contributed by atoms with Gasteiger partial charge in [-0.15, -0.1) is 0 Å². The topological polar surface area (TPSA) is 38.4 Å². The van der Waals surface area contributed by atoms with E-state index in [-0.39, 0.29) is 0 Å². The molecule has 2 heterocycles. The zero-order valence-corrected chi connectivity index (χ0v) is 9.08. The number of hydrogen-bond acceptors (Lipinski definition) is 3. The summed E-state index contributed by atoms with van der Waals surface area (Å²) < 4.78 is 5.61. The highest BCUT2D eigenvalue weighted by Crippen LogP contribution is 2.18. The molecule has 1 aromatic carbocycles. The molecule has 0 spiro atoms. The molecule has 17 heavy (non-hydrogen) atoms. The molecule has 0 fully saturated rings. The van der Waals surface area contributed by atoms with E-state index in [0.717, 1.165) is 16.7 Å². The molecule has 0 bridgehead atoms. The van der Waals surface area contributed by atoms with E-state index >= 15 is 0 Å². The van der Waals surface area contributed by atoms with E-state index in [1.165, 1.54) is 0 Å². The van der Waals surface area contributed by atoms with Gasteiger partial charge in [0.05, 0.1) is 6.21 Å². The normalized spacial score (nSPS) is 11.3. The number of aliphatic imine (C=N–C) groups is 1. The zero-order chi connectivity index (χ0) is 11.5. The van der Waals surface area contributed by atoms with Crippen molar-refractivity contribution >= 4 is 23.0 Å². The molecule has 0 saturated carbocycles. The van der Waals surface area contributed by atoms with Crippen LogP contribution in [-0.2, 0) is 0 Å². The molecule has 0 saturated heterocycles. The smallest absolute Gasteiger partial charge is 0.151 e. The van der Waals surface area contributed by atoms with Crippen LogP contribution in [0.25, 0.3) is 11.0 Å². The lowest BCUT2D eigenvalue weighted by atomic mass is 10.2. The van der Waals surface area contributed by atoms with Crippen LogP contribution in [0.4, 0.5) is 5.82 Å². The highest BCUT2D eigenvalue weighted by Gasteiger charge is 1.99. The summed E-state index contributed by atoms with van der Waals surface area (Å²) in [6.45, 7) is 0. The number of hydrogen-bond donors (Lipinski definition) is 0. The molecule has 0 N–H and O–H groups in total. The summed E-state index contributed by atoms with van der Waals surface area (Å²) in [7, 11) is 0. The minimum Gasteiger partial charge on any atom is -0.455 e. The minimum absolute atomic E-state index is 0.674. The van der Waals surface area contributed by atoms with Crippen molar-refractivity contribution in [2.45, 2.75) is 0 Å². The average molecular weight is 222 g/mol. The van der Waals surface area contributed by atoms with Crippen molar-refractivity contribution in [2.75, 3.05) is 0 Å². The first-order valence-corrected chi connectivity index (χ1v) is 5.35. The fourth-order valence-corrected chi connectivity index (χ4v) is 1.63. The first kappa shape index (κ1) is 9.78. The van der Waals surface area contributed by atoms with Gasteiger partial charge >= 0.3 is 0 Å². The monoisotopic (exact) mass is 222 g/mol. The van der Waals surface area contributed by atoms with Crippen molar-refractivity contribution in [3.8, 4) is 0 Å². The number of para-hydroxylation sites is 1. The van der Waals surface area contributed by atoms with E-state index in [1.807, 2.05) is 48.5 Å². The number of fused-ring (bicyclic) bond motifs is 1. The van der Waals surface area contributed by atoms with Crippen LogP contribution in [-0.4, -0.2) is 11.2 Å². The van der Waals surface area contributed by atoms with Crippen molar-refractivity contribution in [3.05, 3.63) is 60.5 Å². The molecular weight excluding hydrogens is 212 g/mol. The van der Waals surface area contributed by atoms with Gasteiger partial charge in [0.15, 0.2) is 5.82 Å². The maximum absolute atomic E-state index is 5.61. The maximum Gasteiger partial charge on any atom is 0.151 e. The average Bonchev–Trinajstić information content (AvgIpc) is 2.80. The standard InChI is InChI=1S/C14H10N2O/c1-2-6-13-11(5-1)9-12(17-13)10-16-14-7-3-4-8-15-14/h1-10H. The van der Waals surface area contributed by atoms with Gasteiger partial charge < -0.3 is 4.42 Å². The first-order valence-electron chi connectivity index (χ1n) is 5.35. The van der Waals surface area contributed by atoms with E-state index in [1.54, 1.807) is 12.4 Å². The van der Waals surface area contributed by atoms with Gasteiger partial charge in [-0.3, -0.25) is 0 Å². The molecule has 3 aromatic rings. The predicted octanol–water partition coefficient (Wildman–Crippen LogP) is 3.58. The molecule has 0 unspecified atom stereocenters. The molecule has 2 aromatic heterocycles. The van der Waals surface area contributed by atoms with Crippen LogP contribution in [0, 0.1) is 0 Å². The molecule has 0 aliphatic carbocycles. The summed E-state index contributed by atoms with van der Waals surface area (Å²) in [6.07, 6.45) is 3.40. The Morgan fingerprint density at radius 3 is 2.76 bits per heavy atom. The van der Waals surface area contributed by atoms with Gasteiger partial charge in [-0.25, -0.2) is 9.98 Å². The van der Waals surface area contributed by atoms with Crippen LogP contribution < -0.4 is 0 Å². The van der Waals surface area contributed by atoms with Crippen molar-refractivity contribution in [1.82, 2.24) is 4.98 Å². The van der Waals surface area contributed by atoms with E-state index in [9.17, 15) is 0 Å². The number of rotatable bonds is 2. The SMILES string of the molecule is C(=Nc1ccccn1)c1cc2ccccc2o1. The van der Waals surface area contributed by atoms with Crippen LogP contribution in [0.2, 0.25) is 0 Å². The summed E-state index contributed by atoms with van der Waals surface area (Å²) in [5.41, 5.74) is 0.870. The Morgan fingerprint density at radius 1 is 1.06 bits per heavy atom. The minimum atomic E-state index is 0.674. The van der Waals surface area contributed by atoms with E-state index in [4.69, 9.17) is 4.42 Å². The van der Waals surface area contributed by atoms with Crippen molar-refractivity contribution in [3.63, 3.8) is 0 Å². The summed E-state index contributed by atoms with van der Waals surface area (Å²) in [5, 5.41) is 1.08. The van der Waals surface area contributed by atoms with Crippen molar-refractivity contribution in [1.29, 1.82) is 0 Å². The third kappa shape index (κ3) is 2.08. The first-order chi connectivity index (χ1) is 8.42. The molecular formula is C14H10N2O. The summed E-state index contributed by atoms with van der Waals surface area (Å²) in [4.78, 5) is 8.35. The molecule has 3 heteroatoms. The van der Waals surface area contributed by atoms with Crippen molar-refractivity contribution < 1.29 is 4.42 Å². The number of nitrogens with zero attached hydrogens (tertiary/aromatic N) is 2. The summed E-state index contributed by atoms with van der Waals surface area (Å²) >= 11 is 0. The Bertz CT molecular complexity index is 623. The van der Waals surface area contributed by atoms with E-state index < -0.39 is 0 Å². The third-order valence-electron chi connectivity index (χ3n) is 2.42. The van der Waals surface area contributed by atoms with Gasteiger partial charge in [0.1, 0.15) is 11.3 Å². The van der Waals surface area contributed by atoms with Gasteiger partial charge in [-0.2, -0.15) is 0 Å². The molecule has 0 atom stereocenters. The molecule has 82 valence electrons. The second kappa shape index (κ2) is 4.22. The highest BCUT2D eigenvalue weighted by atomic mass is 16.3. The Labute approximate surface area is 98.4 Å². The van der Waals surface area contributed by atoms with Gasteiger partial charge in [-0.1, -0.05) is 24.3 Å². The van der Waals surface area contributed by atoms with Crippen LogP contribution >= 0.6 is 0 Å². The predicted molar refractivity (Wildman–Crippen MR) is 67.7 cm³/mol. The molecule has 3 nitrogen and oxygen atoms in total. The fraction of sp³-hybridized carbons (Fsp3) is 0. The molecule has 3 rings (SSSR count). The molecule has 0 aliphatic heterocycles. The number of furan rings is 1. The molecule has 0 aliphatic rings. The Kier molecular flexibility index (Phi) is 2.43. The fourth-order valence-electron chi connectivity index (χ4n) is 1.63. The number of pyridine rings is 1. The second-order valence-electron chi connectivity index (χ2n) is 3.63. The lowest BCUT2D eigenvalue weighted by Gasteiger charge is -1.88. The van der Waals surface area contributed by atoms with Gasteiger partial charge in [0, 0.05) is 11.6 Å². The highest BCUT2D eigenvalue weighted by molar-refractivity contribution is 5.87. The quantitative estimate of drug-likeness (QED) is 0.621. The second-order valence-corrected chi connectivity index (χ2v) is 3.63. The van der Waals surface area contributed by atoms with Crippen LogP contribution in [0.3, 0.4) is 0 Å². The molecule has 0 amide bonds. The van der Waals surface area contributed by atoms with Crippen molar-refractivity contribution in [2.24, 2.45) is 4.99 Å². The lowest BCUT2D eigenvalue weighted by Crippen LogP contribution is -1.75. The largest absolute Gasteiger partial charge is 0.455 e. The Morgan fingerprint density at radius 2 is 1.94 bits per heavy atom. The van der Waals surface area contributed by atoms with Gasteiger partial charge in [-0.05, 0) is 24.3 Å². The van der Waals surface area contributed by atoms with Crippen LogP contribution in [0.1, 0.15) is 5.76 Å². The van der Waals surface area contributed by atoms with E-state index in [0.29, 0.717) is 5.82 Å². The summed E-state index contributed by atoms with van der Waals surface area (Å²) in [6, 6.07) is 15.5. The lowest BCUT2D eigenvalue weighted by molar-refractivity contribution is 0.608. The van der Waals surface area contributed by atoms with Gasteiger partial charge in [0.2, 0.25) is 0 Å². The molecule has 0 radical (unpaired) electrons. The summed E-state index contributed by atoms with van der Waals surface area (Å²) in [5.74, 6) is 1.41. The number of aromatic nitrogens is 1. The Balaban J connectivity index is 1.92. The maximum atomic E-state index is 5.61. The number of benzene rings is 1. The van der Waals surface area contributed by atoms with E-state index in [2.05, 4.69) is 9.98 Å². The van der Waals surface area contributed by atoms with Crippen LogP contribution in [0.15, 0.2) is 64.1 Å². The third-order valence-corrected chi connectivity index (χ3v) is 2.42. The van der Waals surface area contributed by atoms with Gasteiger partial charge in [0.25, 0.3) is 0 Å². The zero-order valence-electron chi connectivity index (χ0n) is 9.08. The van der Waals surface area contributed by atoms with Crippen LogP contribution in [0.5, 0.6) is 0 Å².